The Kier molecular flexibility index (Phi) is 9.04. The number of carbonyl (C=O) groups is 2. The van der Waals surface area contributed by atoms with Crippen molar-refractivity contribution in [2.75, 3.05) is 29.9 Å². The van der Waals surface area contributed by atoms with E-state index in [0.29, 0.717) is 50.5 Å². The van der Waals surface area contributed by atoms with Crippen LogP contribution in [0.5, 0.6) is 0 Å². The van der Waals surface area contributed by atoms with Gasteiger partial charge in [0.25, 0.3) is 5.92 Å². The van der Waals surface area contributed by atoms with Crippen molar-refractivity contribution in [3.63, 3.8) is 0 Å². The molecular weight excluding hydrogens is 575 g/mol. The zero-order chi connectivity index (χ0) is 30.1. The van der Waals surface area contributed by atoms with Gasteiger partial charge in [-0.2, -0.15) is 0 Å². The van der Waals surface area contributed by atoms with Gasteiger partial charge in [-0.05, 0) is 37.6 Å². The number of amides is 1. The molecule has 0 saturated carbocycles. The number of rotatable bonds is 8. The smallest absolute Gasteiger partial charge is 0.340 e. The van der Waals surface area contributed by atoms with Crippen molar-refractivity contribution in [1.82, 2.24) is 14.9 Å². The number of imidazole rings is 1. The van der Waals surface area contributed by atoms with E-state index in [1.807, 2.05) is 32.3 Å². The van der Waals surface area contributed by atoms with Gasteiger partial charge >= 0.3 is 5.97 Å². The highest BCUT2D eigenvalue weighted by Crippen LogP contribution is 2.38. The third-order valence-corrected chi connectivity index (χ3v) is 7.79. The molecule has 1 fully saturated rings. The molecule has 1 aromatic heterocycles. The summed E-state index contributed by atoms with van der Waals surface area (Å²) < 4.78 is 35.0. The monoisotopic (exact) mass is 609 g/mol. The van der Waals surface area contributed by atoms with Crippen LogP contribution in [0.3, 0.4) is 0 Å². The van der Waals surface area contributed by atoms with E-state index in [9.17, 15) is 18.4 Å². The molecule has 222 valence electrons. The molecule has 41 heavy (non-hydrogen) atoms. The Hall–Kier alpha value is -3.11. The third kappa shape index (κ3) is 6.70. The first-order chi connectivity index (χ1) is 19.3. The summed E-state index contributed by atoms with van der Waals surface area (Å²) in [4.78, 5) is 31.8. The predicted molar refractivity (Wildman–Crippen MR) is 159 cm³/mol. The molecule has 1 aliphatic heterocycles. The van der Waals surface area contributed by atoms with Crippen LogP contribution in [0.15, 0.2) is 24.3 Å². The molecule has 2 heterocycles. The van der Waals surface area contributed by atoms with Crippen molar-refractivity contribution in [2.24, 2.45) is 5.41 Å². The highest BCUT2D eigenvalue weighted by atomic mass is 35.5. The van der Waals surface area contributed by atoms with E-state index >= 15 is 0 Å². The van der Waals surface area contributed by atoms with Crippen LogP contribution >= 0.6 is 23.2 Å². The topological polar surface area (TPSA) is 88.5 Å². The molecule has 1 aliphatic rings. The molecule has 8 nitrogen and oxygen atoms in total. The van der Waals surface area contributed by atoms with E-state index in [4.69, 9.17) is 32.9 Å². The third-order valence-electron chi connectivity index (χ3n) is 7.04. The van der Waals surface area contributed by atoms with E-state index in [-0.39, 0.29) is 50.6 Å². The van der Waals surface area contributed by atoms with E-state index in [1.165, 1.54) is 0 Å². The van der Waals surface area contributed by atoms with Crippen LogP contribution in [0.4, 0.5) is 26.1 Å². The molecule has 1 saturated heterocycles. The zero-order valence-electron chi connectivity index (χ0n) is 23.8. The Labute approximate surface area is 248 Å². The number of anilines is 3. The summed E-state index contributed by atoms with van der Waals surface area (Å²) >= 11 is 13.3. The van der Waals surface area contributed by atoms with Gasteiger partial charge in [0.05, 0.1) is 44.6 Å². The maximum Gasteiger partial charge on any atom is 0.340 e. The SMILES string of the molecule is CCOC(=O)c1cc2nc(Nc3c(Cl)ccc(CNC(=O)C(C)(C)C)c3Cl)n(CC)c2cc1N1CCC(F)(F)CC1. The average molecular weight is 611 g/mol. The lowest BCUT2D eigenvalue weighted by molar-refractivity contribution is -0.128. The second-order valence-electron chi connectivity index (χ2n) is 11.1. The summed E-state index contributed by atoms with van der Waals surface area (Å²) in [6.45, 7) is 10.2. The largest absolute Gasteiger partial charge is 0.462 e. The minimum Gasteiger partial charge on any atom is -0.462 e. The minimum atomic E-state index is -2.73. The number of halogens is 4. The second kappa shape index (κ2) is 12.0. The lowest BCUT2D eigenvalue weighted by Gasteiger charge is -2.34. The van der Waals surface area contributed by atoms with Gasteiger partial charge in [-0.15, -0.1) is 0 Å². The molecule has 3 aromatic rings. The van der Waals surface area contributed by atoms with Gasteiger partial charge < -0.3 is 24.8 Å². The normalized spacial score (nSPS) is 15.2. The second-order valence-corrected chi connectivity index (χ2v) is 11.8. The quantitative estimate of drug-likeness (QED) is 0.263. The van der Waals surface area contributed by atoms with E-state index in [0.717, 1.165) is 0 Å². The lowest BCUT2D eigenvalue weighted by atomic mass is 9.95. The highest BCUT2D eigenvalue weighted by Gasteiger charge is 2.35. The number of esters is 1. The molecule has 0 unspecified atom stereocenters. The van der Waals surface area contributed by atoms with Gasteiger partial charge in [-0.1, -0.05) is 50.0 Å². The molecule has 2 aromatic carbocycles. The van der Waals surface area contributed by atoms with Crippen LogP contribution in [-0.4, -0.2) is 47.0 Å². The van der Waals surface area contributed by atoms with Crippen LogP contribution in [0.2, 0.25) is 10.0 Å². The van der Waals surface area contributed by atoms with Crippen LogP contribution < -0.4 is 15.5 Å². The fourth-order valence-corrected chi connectivity index (χ4v) is 5.22. The van der Waals surface area contributed by atoms with Crippen molar-refractivity contribution >= 4 is 63.4 Å². The maximum atomic E-state index is 13.9. The number of nitrogens with zero attached hydrogens (tertiary/aromatic N) is 3. The van der Waals surface area contributed by atoms with E-state index < -0.39 is 17.3 Å². The summed E-state index contributed by atoms with van der Waals surface area (Å²) in [6, 6.07) is 6.88. The van der Waals surface area contributed by atoms with Gasteiger partial charge in [-0.3, -0.25) is 4.79 Å². The summed E-state index contributed by atoms with van der Waals surface area (Å²) in [5.74, 6) is -2.95. The van der Waals surface area contributed by atoms with Gasteiger partial charge in [-0.25, -0.2) is 18.6 Å². The number of alkyl halides is 2. The van der Waals surface area contributed by atoms with Crippen molar-refractivity contribution in [3.05, 3.63) is 45.4 Å². The number of fused-ring (bicyclic) bond motifs is 1. The molecule has 0 atom stereocenters. The van der Waals surface area contributed by atoms with E-state index in [1.54, 1.807) is 36.1 Å². The fourth-order valence-electron chi connectivity index (χ4n) is 4.68. The van der Waals surface area contributed by atoms with Crippen molar-refractivity contribution in [3.8, 4) is 0 Å². The zero-order valence-corrected chi connectivity index (χ0v) is 25.3. The predicted octanol–water partition coefficient (Wildman–Crippen LogP) is 7.18. The van der Waals surface area contributed by atoms with Crippen LogP contribution in [-0.2, 0) is 22.6 Å². The Morgan fingerprint density at radius 3 is 2.41 bits per heavy atom. The van der Waals surface area contributed by atoms with Gasteiger partial charge in [0.1, 0.15) is 0 Å². The number of hydrogen-bond donors (Lipinski definition) is 2. The molecule has 0 radical (unpaired) electrons. The Morgan fingerprint density at radius 1 is 1.12 bits per heavy atom. The van der Waals surface area contributed by atoms with Gasteiger partial charge in [0.15, 0.2) is 0 Å². The Bertz CT molecular complexity index is 1460. The molecule has 0 bridgehead atoms. The summed E-state index contributed by atoms with van der Waals surface area (Å²) in [7, 11) is 0. The molecular formula is C29H35Cl2F2N5O3. The lowest BCUT2D eigenvalue weighted by Crippen LogP contribution is -2.40. The van der Waals surface area contributed by atoms with Gasteiger partial charge in [0, 0.05) is 44.4 Å². The fraction of sp³-hybridized carbons (Fsp3) is 0.483. The summed E-state index contributed by atoms with van der Waals surface area (Å²) in [5, 5.41) is 6.83. The molecule has 12 heteroatoms. The number of carbonyl (C=O) groups excluding carboxylic acids is 2. The van der Waals surface area contributed by atoms with Crippen LogP contribution in [0.25, 0.3) is 11.0 Å². The molecule has 1 amide bonds. The van der Waals surface area contributed by atoms with Crippen molar-refractivity contribution in [2.45, 2.75) is 66.5 Å². The maximum absolute atomic E-state index is 13.9. The highest BCUT2D eigenvalue weighted by molar-refractivity contribution is 6.39. The molecule has 0 spiro atoms. The first-order valence-electron chi connectivity index (χ1n) is 13.6. The molecule has 4 rings (SSSR count). The van der Waals surface area contributed by atoms with Crippen LogP contribution in [0, 0.1) is 5.41 Å². The van der Waals surface area contributed by atoms with Gasteiger partial charge in [0.2, 0.25) is 11.9 Å². The summed E-state index contributed by atoms with van der Waals surface area (Å²) in [6.07, 6.45) is -0.590. The molecule has 2 N–H and O–H groups in total. The first kappa shape index (κ1) is 30.8. The number of aromatic nitrogens is 2. The number of nitrogens with one attached hydrogen (secondary N) is 2. The number of ether oxygens (including phenoxy) is 1. The minimum absolute atomic E-state index is 0.111. The summed E-state index contributed by atoms with van der Waals surface area (Å²) in [5.41, 5.74) is 2.56. The van der Waals surface area contributed by atoms with Crippen LogP contribution in [0.1, 0.15) is 63.4 Å². The number of hydrogen-bond acceptors (Lipinski definition) is 6. The molecule has 0 aliphatic carbocycles. The Balaban J connectivity index is 1.73. The average Bonchev–Trinajstić information content (AvgIpc) is 3.25. The first-order valence-corrected chi connectivity index (χ1v) is 14.4. The van der Waals surface area contributed by atoms with E-state index in [2.05, 4.69) is 10.6 Å². The number of benzene rings is 2. The standard InChI is InChI=1S/C29H35Cl2F2N5O3/c1-6-38-22-15-21(37-12-10-29(32,33)11-13-37)18(25(39)41-7-2)14-20(22)35-27(38)36-24-19(30)9-8-17(23(24)31)16-34-26(40)28(3,4)5/h8-9,14-15H,6-7,10-13,16H2,1-5H3,(H,34,40)(H,35,36). The number of piperidine rings is 1. The van der Waals surface area contributed by atoms with Crippen molar-refractivity contribution < 1.29 is 23.1 Å². The van der Waals surface area contributed by atoms with Crippen molar-refractivity contribution in [1.29, 1.82) is 0 Å². The Morgan fingerprint density at radius 2 is 1.80 bits per heavy atom. The number of aryl methyl sites for hydroxylation is 1.